The summed E-state index contributed by atoms with van der Waals surface area (Å²) in [5.41, 5.74) is 1.79. The fraction of sp³-hybridized carbons (Fsp3) is 0.150. The van der Waals surface area contributed by atoms with Crippen LogP contribution in [0.5, 0.6) is 5.75 Å². The lowest BCUT2D eigenvalue weighted by molar-refractivity contribution is -0.134. The zero-order chi connectivity index (χ0) is 17.5. The average Bonchev–Trinajstić information content (AvgIpc) is 2.60. The molecule has 0 fully saturated rings. The van der Waals surface area contributed by atoms with Gasteiger partial charge in [-0.1, -0.05) is 54.6 Å². The number of benzene rings is 3. The minimum absolute atomic E-state index is 0.632. The smallest absolute Gasteiger partial charge is 0.300 e. The van der Waals surface area contributed by atoms with Crippen LogP contribution in [0.2, 0.25) is 0 Å². The number of carbonyl (C=O) groups is 1. The maximum absolute atomic E-state index is 10.6. The van der Waals surface area contributed by atoms with Gasteiger partial charge in [-0.2, -0.15) is 0 Å². The highest BCUT2D eigenvalue weighted by Crippen LogP contribution is 2.29. The normalized spacial score (nSPS) is 11.3. The van der Waals surface area contributed by atoms with Crippen LogP contribution in [0.1, 0.15) is 24.2 Å². The number of hydrogen-bond donors (Lipinski definition) is 2. The van der Waals surface area contributed by atoms with Gasteiger partial charge in [-0.15, -0.1) is 0 Å². The van der Waals surface area contributed by atoms with Crippen molar-refractivity contribution in [1.82, 2.24) is 0 Å². The summed E-state index contributed by atoms with van der Waals surface area (Å²) in [5.74, 6) is -0.0427. The van der Waals surface area contributed by atoms with Gasteiger partial charge in [0, 0.05) is 6.92 Å². The second-order valence-corrected chi connectivity index (χ2v) is 5.26. The Kier molecular flexibility index (Phi) is 5.93. The number of rotatable bonds is 3. The molecule has 1 unspecified atom stereocenters. The summed E-state index contributed by atoms with van der Waals surface area (Å²) in [6.07, 6.45) is -0.632. The number of aliphatic carboxylic acids is 1. The van der Waals surface area contributed by atoms with Gasteiger partial charge in [0.15, 0.2) is 0 Å². The van der Waals surface area contributed by atoms with E-state index in [-0.39, 0.29) is 0 Å². The van der Waals surface area contributed by atoms with Crippen LogP contribution >= 0.6 is 0 Å². The number of hydrogen-bond acceptors (Lipinski definition) is 3. The summed E-state index contributed by atoms with van der Waals surface area (Å²) in [4.78, 5) is 9.00. The van der Waals surface area contributed by atoms with E-state index in [0.717, 1.165) is 34.6 Å². The van der Waals surface area contributed by atoms with Crippen LogP contribution in [0.25, 0.3) is 10.8 Å². The average molecular weight is 324 g/mol. The maximum atomic E-state index is 10.6. The molecule has 0 saturated carbocycles. The molecule has 0 saturated heterocycles. The maximum Gasteiger partial charge on any atom is 0.300 e. The van der Waals surface area contributed by atoms with Crippen molar-refractivity contribution >= 4 is 16.7 Å². The minimum atomic E-state index is -0.833. The SMILES string of the molecule is CC(=O)O.COc1ccc(C(O)c2cccc3ccccc23)cc1. The lowest BCUT2D eigenvalue weighted by Crippen LogP contribution is -2.00. The molecule has 0 heterocycles. The lowest BCUT2D eigenvalue weighted by atomic mass is 9.96. The van der Waals surface area contributed by atoms with Crippen molar-refractivity contribution in [3.63, 3.8) is 0 Å². The van der Waals surface area contributed by atoms with E-state index in [1.54, 1.807) is 7.11 Å². The number of aliphatic hydroxyl groups is 1. The van der Waals surface area contributed by atoms with Crippen LogP contribution in [-0.2, 0) is 4.79 Å². The Morgan fingerprint density at radius 1 is 0.958 bits per heavy atom. The molecule has 0 aliphatic carbocycles. The van der Waals surface area contributed by atoms with Gasteiger partial charge in [0.05, 0.1) is 7.11 Å². The molecule has 3 rings (SSSR count). The highest BCUT2D eigenvalue weighted by atomic mass is 16.5. The van der Waals surface area contributed by atoms with Crippen molar-refractivity contribution in [1.29, 1.82) is 0 Å². The van der Waals surface area contributed by atoms with Crippen LogP contribution in [0.4, 0.5) is 0 Å². The fourth-order valence-electron chi connectivity index (χ4n) is 2.45. The Morgan fingerprint density at radius 3 is 2.17 bits per heavy atom. The van der Waals surface area contributed by atoms with Crippen molar-refractivity contribution in [3.05, 3.63) is 77.9 Å². The van der Waals surface area contributed by atoms with Crippen LogP contribution in [0.3, 0.4) is 0 Å². The highest BCUT2D eigenvalue weighted by Gasteiger charge is 2.13. The predicted octanol–water partition coefficient (Wildman–Crippen LogP) is 4.02. The van der Waals surface area contributed by atoms with Gasteiger partial charge in [-0.25, -0.2) is 0 Å². The highest BCUT2D eigenvalue weighted by molar-refractivity contribution is 5.86. The van der Waals surface area contributed by atoms with Crippen molar-refractivity contribution in [3.8, 4) is 5.75 Å². The zero-order valence-corrected chi connectivity index (χ0v) is 13.6. The van der Waals surface area contributed by atoms with Gasteiger partial charge in [-0.3, -0.25) is 4.79 Å². The van der Waals surface area contributed by atoms with Crippen molar-refractivity contribution in [2.75, 3.05) is 7.11 Å². The zero-order valence-electron chi connectivity index (χ0n) is 13.6. The molecular formula is C20H20O4. The topological polar surface area (TPSA) is 66.8 Å². The number of carboxylic acid groups (broad SMARTS) is 1. The largest absolute Gasteiger partial charge is 0.497 e. The summed E-state index contributed by atoms with van der Waals surface area (Å²) in [7, 11) is 1.64. The molecule has 0 aromatic heterocycles. The quantitative estimate of drug-likeness (QED) is 0.763. The summed E-state index contributed by atoms with van der Waals surface area (Å²) in [6, 6.07) is 21.6. The predicted molar refractivity (Wildman–Crippen MR) is 94.3 cm³/mol. The third-order valence-corrected chi connectivity index (χ3v) is 3.55. The molecule has 3 aromatic carbocycles. The molecule has 3 aromatic rings. The molecule has 0 bridgehead atoms. The van der Waals surface area contributed by atoms with E-state index in [1.165, 1.54) is 0 Å². The molecular weight excluding hydrogens is 304 g/mol. The van der Waals surface area contributed by atoms with Gasteiger partial charge in [-0.05, 0) is 34.0 Å². The Labute approximate surface area is 140 Å². The number of fused-ring (bicyclic) bond motifs is 1. The molecule has 0 aliphatic heterocycles. The van der Waals surface area contributed by atoms with Gasteiger partial charge in [0.25, 0.3) is 5.97 Å². The Balaban J connectivity index is 0.000000471. The first-order valence-electron chi connectivity index (χ1n) is 7.52. The summed E-state index contributed by atoms with van der Waals surface area (Å²) in [6.45, 7) is 1.08. The van der Waals surface area contributed by atoms with E-state index < -0.39 is 12.1 Å². The summed E-state index contributed by atoms with van der Waals surface area (Å²) < 4.78 is 5.14. The van der Waals surface area contributed by atoms with E-state index in [4.69, 9.17) is 14.6 Å². The van der Waals surface area contributed by atoms with Gasteiger partial charge in [0.2, 0.25) is 0 Å². The van der Waals surface area contributed by atoms with Crippen LogP contribution in [0, 0.1) is 0 Å². The first kappa shape index (κ1) is 17.5. The van der Waals surface area contributed by atoms with Gasteiger partial charge < -0.3 is 14.9 Å². The first-order valence-corrected chi connectivity index (χ1v) is 7.52. The van der Waals surface area contributed by atoms with E-state index in [2.05, 4.69) is 12.1 Å². The second-order valence-electron chi connectivity index (χ2n) is 5.26. The molecule has 0 amide bonds. The number of carboxylic acids is 1. The third kappa shape index (κ3) is 4.33. The minimum Gasteiger partial charge on any atom is -0.497 e. The van der Waals surface area contributed by atoms with Crippen molar-refractivity contribution in [2.24, 2.45) is 0 Å². The number of ether oxygens (including phenoxy) is 1. The second kappa shape index (κ2) is 8.13. The Morgan fingerprint density at radius 2 is 1.54 bits per heavy atom. The van der Waals surface area contributed by atoms with Crippen LogP contribution in [0.15, 0.2) is 66.7 Å². The Hall–Kier alpha value is -2.85. The van der Waals surface area contributed by atoms with Crippen molar-refractivity contribution in [2.45, 2.75) is 13.0 Å². The standard InChI is InChI=1S/C18H16O2.C2H4O2/c1-20-15-11-9-14(10-12-15)18(19)17-8-4-6-13-5-2-3-7-16(13)17;1-2(3)4/h2-12,18-19H,1H3;1H3,(H,3,4). The first-order chi connectivity index (χ1) is 11.5. The Bertz CT molecular complexity index is 800. The van der Waals surface area contributed by atoms with E-state index in [0.29, 0.717) is 0 Å². The van der Waals surface area contributed by atoms with E-state index in [1.807, 2.05) is 54.6 Å². The molecule has 1 atom stereocenters. The molecule has 0 aliphatic rings. The van der Waals surface area contributed by atoms with E-state index in [9.17, 15) is 5.11 Å². The lowest BCUT2D eigenvalue weighted by Gasteiger charge is -2.14. The van der Waals surface area contributed by atoms with E-state index >= 15 is 0 Å². The summed E-state index contributed by atoms with van der Waals surface area (Å²) in [5, 5.41) is 20.2. The molecule has 4 nitrogen and oxygen atoms in total. The summed E-state index contributed by atoms with van der Waals surface area (Å²) >= 11 is 0. The van der Waals surface area contributed by atoms with Gasteiger partial charge >= 0.3 is 0 Å². The van der Waals surface area contributed by atoms with Crippen LogP contribution < -0.4 is 4.74 Å². The van der Waals surface area contributed by atoms with Gasteiger partial charge in [0.1, 0.15) is 11.9 Å². The molecule has 0 radical (unpaired) electrons. The number of methoxy groups -OCH3 is 1. The molecule has 2 N–H and O–H groups in total. The van der Waals surface area contributed by atoms with Crippen molar-refractivity contribution < 1.29 is 19.7 Å². The van der Waals surface area contributed by atoms with Crippen LogP contribution in [-0.4, -0.2) is 23.3 Å². The molecule has 124 valence electrons. The number of aliphatic hydroxyl groups excluding tert-OH is 1. The monoisotopic (exact) mass is 324 g/mol. The molecule has 0 spiro atoms. The molecule has 4 heteroatoms. The third-order valence-electron chi connectivity index (χ3n) is 3.55. The fourth-order valence-corrected chi connectivity index (χ4v) is 2.45. The molecule has 24 heavy (non-hydrogen) atoms.